The molecule has 0 heterocycles. The van der Waals surface area contributed by atoms with Gasteiger partial charge in [-0.3, -0.25) is 10.1 Å². The molecule has 0 bridgehead atoms. The molecule has 0 aliphatic carbocycles. The van der Waals surface area contributed by atoms with Gasteiger partial charge in [0.1, 0.15) is 11.6 Å². The quantitative estimate of drug-likeness (QED) is 0.539. The molecule has 1 N–H and O–H groups in total. The van der Waals surface area contributed by atoms with Crippen LogP contribution in [-0.2, 0) is 9.53 Å². The van der Waals surface area contributed by atoms with Gasteiger partial charge in [0, 0.05) is 6.04 Å². The lowest BCUT2D eigenvalue weighted by atomic mass is 10.0. The monoisotopic (exact) mass is 283 g/mol. The highest BCUT2D eigenvalue weighted by molar-refractivity contribution is 5.76. The van der Waals surface area contributed by atoms with Crippen LogP contribution in [0.4, 0.5) is 0 Å². The predicted octanol–water partition coefficient (Wildman–Crippen LogP) is 4.08. The Balaban J connectivity index is 4.77. The number of hydrogen-bond acceptors (Lipinski definition) is 3. The Labute approximate surface area is 125 Å². The molecule has 0 saturated heterocycles. The number of rotatable bonds is 8. The Hall–Kier alpha value is -0.830. The molecule has 0 aromatic heterocycles. The molecule has 2 atom stereocenters. The van der Waals surface area contributed by atoms with Crippen LogP contribution in [0.2, 0.25) is 0 Å². The first kappa shape index (κ1) is 19.2. The van der Waals surface area contributed by atoms with Gasteiger partial charge in [0.05, 0.1) is 0 Å². The first-order chi connectivity index (χ1) is 9.19. The molecule has 0 unspecified atom stereocenters. The van der Waals surface area contributed by atoms with Gasteiger partial charge in [0.25, 0.3) is 0 Å². The van der Waals surface area contributed by atoms with Crippen molar-refractivity contribution < 1.29 is 9.53 Å². The van der Waals surface area contributed by atoms with E-state index in [0.717, 1.165) is 19.3 Å². The summed E-state index contributed by atoms with van der Waals surface area (Å²) in [6.45, 7) is 14.2. The van der Waals surface area contributed by atoms with Crippen molar-refractivity contribution in [3.63, 3.8) is 0 Å². The second kappa shape index (κ2) is 9.17. The fraction of sp³-hybridized carbons (Fsp3) is 0.824. The smallest absolute Gasteiger partial charge is 0.323 e. The third-order valence-corrected chi connectivity index (χ3v) is 2.86. The Morgan fingerprint density at radius 1 is 1.25 bits per heavy atom. The summed E-state index contributed by atoms with van der Waals surface area (Å²) < 4.78 is 5.53. The van der Waals surface area contributed by atoms with Crippen molar-refractivity contribution in [2.24, 2.45) is 5.92 Å². The average molecular weight is 283 g/mol. The van der Waals surface area contributed by atoms with E-state index in [1.165, 1.54) is 0 Å². The summed E-state index contributed by atoms with van der Waals surface area (Å²) in [5.41, 5.74) is -0.436. The lowest BCUT2D eigenvalue weighted by Crippen LogP contribution is -2.46. The number of hydrogen-bond donors (Lipinski definition) is 1. The minimum atomic E-state index is -0.436. The van der Waals surface area contributed by atoms with E-state index < -0.39 is 5.60 Å². The molecule has 0 spiro atoms. The van der Waals surface area contributed by atoms with Gasteiger partial charge in [-0.05, 0) is 46.0 Å². The fourth-order valence-corrected chi connectivity index (χ4v) is 1.94. The van der Waals surface area contributed by atoms with Gasteiger partial charge < -0.3 is 4.74 Å². The summed E-state index contributed by atoms with van der Waals surface area (Å²) in [5.74, 6) is 0.308. The van der Waals surface area contributed by atoms with Gasteiger partial charge in [-0.25, -0.2) is 0 Å². The molecule has 0 rings (SSSR count). The molecule has 0 aliphatic rings. The lowest BCUT2D eigenvalue weighted by Gasteiger charge is -2.27. The molecule has 0 fully saturated rings. The zero-order chi connectivity index (χ0) is 15.8. The van der Waals surface area contributed by atoms with Crippen LogP contribution in [0.1, 0.15) is 67.7 Å². The Morgan fingerprint density at radius 2 is 1.85 bits per heavy atom. The van der Waals surface area contributed by atoms with Crippen molar-refractivity contribution >= 4 is 5.97 Å². The van der Waals surface area contributed by atoms with Crippen molar-refractivity contribution in [3.8, 4) is 0 Å². The SMILES string of the molecule is CC/C=C/[C@H](CC)N[C@@H](CC(C)C)C(=O)OC(C)(C)C. The zero-order valence-electron chi connectivity index (χ0n) is 14.3. The van der Waals surface area contributed by atoms with Gasteiger partial charge in [0.2, 0.25) is 0 Å². The van der Waals surface area contributed by atoms with E-state index in [0.29, 0.717) is 5.92 Å². The van der Waals surface area contributed by atoms with Gasteiger partial charge in [0.15, 0.2) is 0 Å². The van der Waals surface area contributed by atoms with Gasteiger partial charge in [-0.15, -0.1) is 0 Å². The molecule has 0 radical (unpaired) electrons. The number of carbonyl (C=O) groups excluding carboxylic acids is 1. The Kier molecular flexibility index (Phi) is 8.79. The summed E-state index contributed by atoms with van der Waals surface area (Å²) in [6.07, 6.45) is 7.07. The molecule has 3 nitrogen and oxygen atoms in total. The maximum absolute atomic E-state index is 12.3. The first-order valence-electron chi connectivity index (χ1n) is 7.85. The highest BCUT2D eigenvalue weighted by atomic mass is 16.6. The van der Waals surface area contributed by atoms with Crippen molar-refractivity contribution in [1.29, 1.82) is 0 Å². The maximum atomic E-state index is 12.3. The standard InChI is InChI=1S/C17H33NO2/c1-8-10-11-14(9-2)18-15(12-13(3)4)16(19)20-17(5,6)7/h10-11,13-15,18H,8-9,12H2,1-7H3/b11-10+/t14-,15-/m0/s1. The number of ether oxygens (including phenoxy) is 1. The van der Waals surface area contributed by atoms with Crippen LogP contribution in [0.15, 0.2) is 12.2 Å². The topological polar surface area (TPSA) is 38.3 Å². The third-order valence-electron chi connectivity index (χ3n) is 2.86. The highest BCUT2D eigenvalue weighted by Crippen LogP contribution is 2.14. The molecular formula is C17H33NO2. The fourth-order valence-electron chi connectivity index (χ4n) is 1.94. The predicted molar refractivity (Wildman–Crippen MR) is 85.7 cm³/mol. The third kappa shape index (κ3) is 9.13. The van der Waals surface area contributed by atoms with E-state index in [1.807, 2.05) is 20.8 Å². The normalized spacial score (nSPS) is 15.6. The zero-order valence-corrected chi connectivity index (χ0v) is 14.3. The second-order valence-corrected chi connectivity index (χ2v) is 6.73. The largest absolute Gasteiger partial charge is 0.459 e. The number of carbonyl (C=O) groups is 1. The van der Waals surface area contributed by atoms with E-state index in [-0.39, 0.29) is 18.1 Å². The van der Waals surface area contributed by atoms with E-state index in [4.69, 9.17) is 4.74 Å². The Bertz CT molecular complexity index is 303. The number of allylic oxidation sites excluding steroid dienone is 1. The Morgan fingerprint density at radius 3 is 2.25 bits per heavy atom. The summed E-state index contributed by atoms with van der Waals surface area (Å²) in [4.78, 5) is 12.3. The maximum Gasteiger partial charge on any atom is 0.323 e. The molecule has 0 aromatic carbocycles. The van der Waals surface area contributed by atoms with Crippen LogP contribution in [0.3, 0.4) is 0 Å². The summed E-state index contributed by atoms with van der Waals surface area (Å²) in [6, 6.07) is -0.00750. The summed E-state index contributed by atoms with van der Waals surface area (Å²) in [7, 11) is 0. The van der Waals surface area contributed by atoms with Crippen LogP contribution in [0, 0.1) is 5.92 Å². The highest BCUT2D eigenvalue weighted by Gasteiger charge is 2.26. The van der Waals surface area contributed by atoms with Gasteiger partial charge >= 0.3 is 5.97 Å². The van der Waals surface area contributed by atoms with Crippen molar-refractivity contribution in [2.45, 2.75) is 85.4 Å². The minimum Gasteiger partial charge on any atom is -0.459 e. The van der Waals surface area contributed by atoms with E-state index in [1.54, 1.807) is 0 Å². The molecule has 20 heavy (non-hydrogen) atoms. The molecule has 3 heteroatoms. The van der Waals surface area contributed by atoms with E-state index >= 15 is 0 Å². The average Bonchev–Trinajstić information content (AvgIpc) is 2.30. The van der Waals surface area contributed by atoms with Gasteiger partial charge in [-0.2, -0.15) is 0 Å². The molecule has 0 amide bonds. The molecule has 0 aromatic rings. The summed E-state index contributed by atoms with van der Waals surface area (Å²) in [5, 5.41) is 3.43. The van der Waals surface area contributed by atoms with E-state index in [2.05, 4.69) is 45.2 Å². The van der Waals surface area contributed by atoms with E-state index in [9.17, 15) is 4.79 Å². The van der Waals surface area contributed by atoms with Crippen molar-refractivity contribution in [2.75, 3.05) is 0 Å². The van der Waals surface area contributed by atoms with Crippen LogP contribution in [-0.4, -0.2) is 23.7 Å². The molecular weight excluding hydrogens is 250 g/mol. The van der Waals surface area contributed by atoms with Gasteiger partial charge in [-0.1, -0.05) is 39.8 Å². The van der Waals surface area contributed by atoms with Crippen molar-refractivity contribution in [1.82, 2.24) is 5.32 Å². The molecule has 0 aliphatic heterocycles. The summed E-state index contributed by atoms with van der Waals surface area (Å²) >= 11 is 0. The molecule has 0 saturated carbocycles. The number of esters is 1. The molecule has 118 valence electrons. The second-order valence-electron chi connectivity index (χ2n) is 6.73. The van der Waals surface area contributed by atoms with Crippen LogP contribution < -0.4 is 5.32 Å². The van der Waals surface area contributed by atoms with Crippen molar-refractivity contribution in [3.05, 3.63) is 12.2 Å². The lowest BCUT2D eigenvalue weighted by molar-refractivity contribution is -0.158. The van der Waals surface area contributed by atoms with Crippen LogP contribution in [0.5, 0.6) is 0 Å². The van der Waals surface area contributed by atoms with Crippen LogP contribution in [0.25, 0.3) is 0 Å². The first-order valence-corrected chi connectivity index (χ1v) is 7.85. The van der Waals surface area contributed by atoms with Crippen LogP contribution >= 0.6 is 0 Å². The number of nitrogens with one attached hydrogen (secondary N) is 1. The minimum absolute atomic E-state index is 0.144.